The second-order valence-corrected chi connectivity index (χ2v) is 8.23. The summed E-state index contributed by atoms with van der Waals surface area (Å²) in [5.41, 5.74) is 6.76. The number of rotatable bonds is 3. The molecule has 1 aromatic heterocycles. The van der Waals surface area contributed by atoms with Crippen molar-refractivity contribution in [1.29, 1.82) is 0 Å². The van der Waals surface area contributed by atoms with E-state index in [-0.39, 0.29) is 23.4 Å². The first-order chi connectivity index (χ1) is 13.1. The van der Waals surface area contributed by atoms with Crippen molar-refractivity contribution in [3.05, 3.63) is 41.5 Å². The van der Waals surface area contributed by atoms with Crippen LogP contribution in [0.15, 0.2) is 24.4 Å². The zero-order valence-electron chi connectivity index (χ0n) is 16.4. The summed E-state index contributed by atoms with van der Waals surface area (Å²) in [6.45, 7) is 5.18. The van der Waals surface area contributed by atoms with Crippen molar-refractivity contribution in [2.24, 2.45) is 0 Å². The topological polar surface area (TPSA) is 98.3 Å². The van der Waals surface area contributed by atoms with Gasteiger partial charge in [0, 0.05) is 11.5 Å². The van der Waals surface area contributed by atoms with E-state index in [0.717, 1.165) is 31.4 Å². The Kier molecular flexibility index (Phi) is 5.65. The molecule has 0 atom stereocenters. The molecule has 0 unspecified atom stereocenters. The molecule has 0 aliphatic heterocycles. The van der Waals surface area contributed by atoms with Crippen LogP contribution in [0.4, 0.5) is 10.2 Å². The van der Waals surface area contributed by atoms with Crippen LogP contribution in [-0.2, 0) is 4.74 Å². The molecular formula is C21H26FN3O3. The van der Waals surface area contributed by atoms with E-state index >= 15 is 0 Å². The average Bonchev–Trinajstić information content (AvgIpc) is 2.61. The van der Waals surface area contributed by atoms with Gasteiger partial charge in [-0.1, -0.05) is 6.07 Å². The number of nitrogens with zero attached hydrogens (tertiary/aromatic N) is 2. The number of aromatic nitrogens is 2. The fourth-order valence-corrected chi connectivity index (χ4v) is 3.35. The monoisotopic (exact) mass is 387 g/mol. The predicted octanol–water partition coefficient (Wildman–Crippen LogP) is 3.84. The highest BCUT2D eigenvalue weighted by Crippen LogP contribution is 2.34. The molecule has 150 valence electrons. The van der Waals surface area contributed by atoms with E-state index in [0.29, 0.717) is 11.3 Å². The second-order valence-electron chi connectivity index (χ2n) is 8.23. The minimum atomic E-state index is -0.717. The van der Waals surface area contributed by atoms with Gasteiger partial charge in [-0.2, -0.15) is 0 Å². The Morgan fingerprint density at radius 1 is 1.25 bits per heavy atom. The first kappa shape index (κ1) is 20.2. The fraction of sp³-hybridized carbons (Fsp3) is 0.476. The number of aliphatic hydroxyl groups is 1. The van der Waals surface area contributed by atoms with E-state index in [1.807, 2.05) is 0 Å². The van der Waals surface area contributed by atoms with Gasteiger partial charge < -0.3 is 15.6 Å². The van der Waals surface area contributed by atoms with Crippen LogP contribution in [0.3, 0.4) is 0 Å². The summed E-state index contributed by atoms with van der Waals surface area (Å²) in [6.07, 6.45) is 4.49. The fourth-order valence-electron chi connectivity index (χ4n) is 3.35. The zero-order chi connectivity index (χ0) is 20.5. The highest BCUT2D eigenvalue weighted by Gasteiger charge is 2.24. The number of ether oxygens (including phenoxy) is 1. The molecule has 0 radical (unpaired) electrons. The largest absolute Gasteiger partial charge is 0.456 e. The van der Waals surface area contributed by atoms with Gasteiger partial charge >= 0.3 is 5.97 Å². The number of anilines is 1. The summed E-state index contributed by atoms with van der Waals surface area (Å²) in [5, 5.41) is 9.69. The van der Waals surface area contributed by atoms with Gasteiger partial charge in [-0.25, -0.2) is 19.2 Å². The number of hydrogen-bond acceptors (Lipinski definition) is 6. The Bertz CT molecular complexity index is 872. The van der Waals surface area contributed by atoms with Crippen molar-refractivity contribution in [2.75, 3.05) is 5.73 Å². The van der Waals surface area contributed by atoms with Crippen molar-refractivity contribution in [1.82, 2.24) is 9.97 Å². The smallest absolute Gasteiger partial charge is 0.341 e. The molecule has 2 aromatic rings. The summed E-state index contributed by atoms with van der Waals surface area (Å²) in [4.78, 5) is 21.0. The molecule has 3 N–H and O–H groups in total. The van der Waals surface area contributed by atoms with Crippen LogP contribution in [0.5, 0.6) is 0 Å². The molecule has 1 aliphatic carbocycles. The lowest BCUT2D eigenvalue weighted by Gasteiger charge is -2.25. The minimum absolute atomic E-state index is 0.136. The van der Waals surface area contributed by atoms with E-state index in [9.17, 15) is 14.3 Å². The van der Waals surface area contributed by atoms with Crippen LogP contribution in [-0.4, -0.2) is 32.7 Å². The number of aliphatic hydroxyl groups excluding tert-OH is 1. The Morgan fingerprint density at radius 2 is 1.93 bits per heavy atom. The molecule has 6 nitrogen and oxygen atoms in total. The maximum Gasteiger partial charge on any atom is 0.341 e. The number of nitrogens with two attached hydrogens (primary N) is 1. The molecule has 1 fully saturated rings. The van der Waals surface area contributed by atoms with Crippen LogP contribution in [0.25, 0.3) is 11.3 Å². The summed E-state index contributed by atoms with van der Waals surface area (Å²) in [6, 6.07) is 4.20. The first-order valence-electron chi connectivity index (χ1n) is 9.48. The van der Waals surface area contributed by atoms with Gasteiger partial charge in [0.2, 0.25) is 0 Å². The second kappa shape index (κ2) is 7.83. The number of esters is 1. The minimum Gasteiger partial charge on any atom is -0.456 e. The van der Waals surface area contributed by atoms with E-state index in [1.54, 1.807) is 33.0 Å². The van der Waals surface area contributed by atoms with E-state index in [2.05, 4.69) is 9.97 Å². The van der Waals surface area contributed by atoms with Crippen LogP contribution < -0.4 is 5.73 Å². The molecule has 0 bridgehead atoms. The van der Waals surface area contributed by atoms with Crippen LogP contribution >= 0.6 is 0 Å². The van der Waals surface area contributed by atoms with Crippen molar-refractivity contribution in [2.45, 2.75) is 64.1 Å². The van der Waals surface area contributed by atoms with Crippen molar-refractivity contribution in [3.63, 3.8) is 0 Å². The Morgan fingerprint density at radius 3 is 2.54 bits per heavy atom. The molecule has 28 heavy (non-hydrogen) atoms. The Hall–Kier alpha value is -2.54. The Balaban J connectivity index is 1.88. The van der Waals surface area contributed by atoms with Gasteiger partial charge in [-0.3, -0.25) is 0 Å². The predicted molar refractivity (Wildman–Crippen MR) is 104 cm³/mol. The van der Waals surface area contributed by atoms with Gasteiger partial charge in [-0.05, 0) is 58.6 Å². The molecule has 1 heterocycles. The average molecular weight is 387 g/mol. The van der Waals surface area contributed by atoms with E-state index in [4.69, 9.17) is 10.5 Å². The highest BCUT2D eigenvalue weighted by atomic mass is 19.1. The number of nitrogen functional groups attached to an aromatic ring is 1. The summed E-state index contributed by atoms with van der Waals surface area (Å²) < 4.78 is 19.8. The normalized spacial score (nSPS) is 20.0. The lowest BCUT2D eigenvalue weighted by Crippen LogP contribution is -2.24. The van der Waals surface area contributed by atoms with Crippen molar-refractivity contribution in [3.8, 4) is 11.3 Å². The summed E-state index contributed by atoms with van der Waals surface area (Å²) in [5.74, 6) is -1.02. The lowest BCUT2D eigenvalue weighted by molar-refractivity contribution is 0.00647. The number of benzene rings is 1. The van der Waals surface area contributed by atoms with Crippen molar-refractivity contribution < 1.29 is 19.0 Å². The van der Waals surface area contributed by atoms with Crippen LogP contribution in [0.2, 0.25) is 0 Å². The molecule has 1 aliphatic rings. The molecule has 0 saturated heterocycles. The molecular weight excluding hydrogens is 361 g/mol. The Labute approximate surface area is 164 Å². The third-order valence-electron chi connectivity index (χ3n) is 4.80. The SMILES string of the molecule is CC(C)(C)OC(=O)c1ccc(-c2nc(C3CCC(O)CC3)cnc2N)cc1F. The first-order valence-corrected chi connectivity index (χ1v) is 9.48. The van der Waals surface area contributed by atoms with E-state index in [1.165, 1.54) is 12.1 Å². The van der Waals surface area contributed by atoms with Gasteiger partial charge in [0.25, 0.3) is 0 Å². The molecule has 0 amide bonds. The van der Waals surface area contributed by atoms with Gasteiger partial charge in [0.1, 0.15) is 22.9 Å². The molecule has 1 saturated carbocycles. The van der Waals surface area contributed by atoms with Gasteiger partial charge in [-0.15, -0.1) is 0 Å². The molecule has 3 rings (SSSR count). The van der Waals surface area contributed by atoms with Gasteiger partial charge in [0.15, 0.2) is 0 Å². The molecule has 1 aromatic carbocycles. The maximum atomic E-state index is 14.6. The van der Waals surface area contributed by atoms with Crippen LogP contribution in [0.1, 0.15) is 68.4 Å². The highest BCUT2D eigenvalue weighted by molar-refractivity contribution is 5.90. The standard InChI is InChI=1S/C21H26FN3O3/c1-21(2,3)28-20(27)15-9-6-13(10-16(15)22)18-19(23)24-11-17(25-18)12-4-7-14(26)8-5-12/h6,9-12,14,26H,4-5,7-8H2,1-3H3,(H2,23,24). The van der Waals surface area contributed by atoms with Gasteiger partial charge in [0.05, 0.1) is 23.6 Å². The van der Waals surface area contributed by atoms with Crippen LogP contribution in [0, 0.1) is 5.82 Å². The maximum absolute atomic E-state index is 14.6. The third kappa shape index (κ3) is 4.65. The number of halogens is 1. The quantitative estimate of drug-likeness (QED) is 0.777. The summed E-state index contributed by atoms with van der Waals surface area (Å²) in [7, 11) is 0. The number of carbonyl (C=O) groups is 1. The van der Waals surface area contributed by atoms with E-state index < -0.39 is 17.4 Å². The zero-order valence-corrected chi connectivity index (χ0v) is 16.4. The van der Waals surface area contributed by atoms with Crippen molar-refractivity contribution >= 4 is 11.8 Å². The lowest BCUT2D eigenvalue weighted by atomic mass is 9.85. The number of hydrogen-bond donors (Lipinski definition) is 2. The molecule has 7 heteroatoms. The summed E-state index contributed by atoms with van der Waals surface area (Å²) >= 11 is 0. The number of carbonyl (C=O) groups excluding carboxylic acids is 1. The third-order valence-corrected chi connectivity index (χ3v) is 4.80. The molecule has 0 spiro atoms.